The van der Waals surface area contributed by atoms with E-state index in [0.29, 0.717) is 37.4 Å². The first kappa shape index (κ1) is 20.2. The largest absolute Gasteiger partial charge is 0.377 e. The van der Waals surface area contributed by atoms with Crippen LogP contribution in [0.3, 0.4) is 0 Å². The third kappa shape index (κ3) is 4.08. The fourth-order valence-corrected chi connectivity index (χ4v) is 4.29. The number of nitrogens with zero attached hydrogens (tertiary/aromatic N) is 5. The Hall–Kier alpha value is -2.74. The van der Waals surface area contributed by atoms with Crippen LogP contribution in [0.5, 0.6) is 0 Å². The SMILES string of the molecule is CC(C)(C)CC(=O)N1CCC(c2nc(-c3ccc4cnn(C5COC5)c4c3)no2)CC1. The predicted octanol–water partition coefficient (Wildman–Crippen LogP) is 3.80. The molecule has 0 spiro atoms. The number of piperidine rings is 1. The Morgan fingerprint density at radius 2 is 1.97 bits per heavy atom. The van der Waals surface area contributed by atoms with Crippen molar-refractivity contribution in [1.29, 1.82) is 0 Å². The normalized spacial score (nSPS) is 18.5. The van der Waals surface area contributed by atoms with Crippen LogP contribution in [0.1, 0.15) is 57.9 Å². The number of hydrogen-bond acceptors (Lipinski definition) is 6. The van der Waals surface area contributed by atoms with Gasteiger partial charge in [0.2, 0.25) is 17.6 Å². The average Bonchev–Trinajstić information content (AvgIpc) is 3.33. The molecule has 2 fully saturated rings. The molecule has 164 valence electrons. The van der Waals surface area contributed by atoms with Crippen LogP contribution in [0.4, 0.5) is 0 Å². The Kier molecular flexibility index (Phi) is 5.04. The lowest BCUT2D eigenvalue weighted by molar-refractivity contribution is -0.134. The highest BCUT2D eigenvalue weighted by atomic mass is 16.5. The molecule has 8 nitrogen and oxygen atoms in total. The summed E-state index contributed by atoms with van der Waals surface area (Å²) in [4.78, 5) is 19.2. The van der Waals surface area contributed by atoms with E-state index in [1.807, 2.05) is 27.9 Å². The van der Waals surface area contributed by atoms with Gasteiger partial charge in [-0.05, 0) is 24.3 Å². The van der Waals surface area contributed by atoms with Gasteiger partial charge in [-0.15, -0.1) is 0 Å². The van der Waals surface area contributed by atoms with Gasteiger partial charge in [-0.1, -0.05) is 38.1 Å². The summed E-state index contributed by atoms with van der Waals surface area (Å²) in [6.07, 6.45) is 4.16. The van der Waals surface area contributed by atoms with Crippen molar-refractivity contribution in [2.24, 2.45) is 5.41 Å². The minimum absolute atomic E-state index is 0.0114. The molecule has 3 aromatic rings. The fourth-order valence-electron chi connectivity index (χ4n) is 4.29. The molecule has 0 unspecified atom stereocenters. The highest BCUT2D eigenvalue weighted by Gasteiger charge is 2.29. The van der Waals surface area contributed by atoms with Gasteiger partial charge in [-0.25, -0.2) is 0 Å². The molecule has 4 heterocycles. The zero-order valence-electron chi connectivity index (χ0n) is 18.4. The molecule has 1 amide bonds. The van der Waals surface area contributed by atoms with Gasteiger partial charge in [-0.3, -0.25) is 9.48 Å². The van der Waals surface area contributed by atoms with Gasteiger partial charge in [-0.2, -0.15) is 10.1 Å². The fraction of sp³-hybridized carbons (Fsp3) is 0.565. The second kappa shape index (κ2) is 7.75. The molecule has 8 heteroatoms. The Bertz CT molecular complexity index is 1080. The van der Waals surface area contributed by atoms with Crippen LogP contribution in [0, 0.1) is 5.41 Å². The molecule has 2 aliphatic heterocycles. The minimum Gasteiger partial charge on any atom is -0.377 e. The number of fused-ring (bicyclic) bond motifs is 1. The number of benzene rings is 1. The summed E-state index contributed by atoms with van der Waals surface area (Å²) >= 11 is 0. The van der Waals surface area contributed by atoms with E-state index in [-0.39, 0.29) is 17.2 Å². The number of aromatic nitrogens is 4. The monoisotopic (exact) mass is 423 g/mol. The second-order valence-corrected chi connectivity index (χ2v) is 9.90. The number of carbonyl (C=O) groups excluding carboxylic acids is 1. The van der Waals surface area contributed by atoms with Crippen molar-refractivity contribution < 1.29 is 14.1 Å². The van der Waals surface area contributed by atoms with E-state index in [1.54, 1.807) is 0 Å². The number of likely N-dealkylation sites (tertiary alicyclic amines) is 1. The number of hydrogen-bond donors (Lipinski definition) is 0. The van der Waals surface area contributed by atoms with Crippen molar-refractivity contribution in [3.63, 3.8) is 0 Å². The molecule has 2 saturated heterocycles. The summed E-state index contributed by atoms with van der Waals surface area (Å²) in [6, 6.07) is 6.42. The van der Waals surface area contributed by atoms with Crippen LogP contribution in [0.2, 0.25) is 0 Å². The van der Waals surface area contributed by atoms with Crippen LogP contribution in [-0.4, -0.2) is 57.0 Å². The maximum Gasteiger partial charge on any atom is 0.230 e. The number of amides is 1. The molecule has 0 saturated carbocycles. The lowest BCUT2D eigenvalue weighted by atomic mass is 9.90. The Labute approximate surface area is 181 Å². The molecule has 0 atom stereocenters. The van der Waals surface area contributed by atoms with Crippen LogP contribution in [-0.2, 0) is 9.53 Å². The predicted molar refractivity (Wildman–Crippen MR) is 116 cm³/mol. The quantitative estimate of drug-likeness (QED) is 0.634. The van der Waals surface area contributed by atoms with Crippen molar-refractivity contribution in [2.75, 3.05) is 26.3 Å². The van der Waals surface area contributed by atoms with Crippen molar-refractivity contribution in [2.45, 2.75) is 52.0 Å². The molecule has 5 rings (SSSR count). The molecule has 31 heavy (non-hydrogen) atoms. The van der Waals surface area contributed by atoms with E-state index in [4.69, 9.17) is 14.2 Å². The molecule has 2 aliphatic rings. The van der Waals surface area contributed by atoms with E-state index in [0.717, 1.165) is 42.4 Å². The van der Waals surface area contributed by atoms with Gasteiger partial charge in [0, 0.05) is 36.4 Å². The summed E-state index contributed by atoms with van der Waals surface area (Å²) in [5.41, 5.74) is 1.99. The lowest BCUT2D eigenvalue weighted by Crippen LogP contribution is -2.39. The third-order valence-corrected chi connectivity index (χ3v) is 6.14. The molecule has 1 aromatic carbocycles. The van der Waals surface area contributed by atoms with Gasteiger partial charge < -0.3 is 14.2 Å². The highest BCUT2D eigenvalue weighted by Crippen LogP contribution is 2.31. The van der Waals surface area contributed by atoms with E-state index in [9.17, 15) is 4.79 Å². The second-order valence-electron chi connectivity index (χ2n) is 9.90. The summed E-state index contributed by atoms with van der Waals surface area (Å²) < 4.78 is 13.0. The van der Waals surface area contributed by atoms with Gasteiger partial charge in [0.05, 0.1) is 31.0 Å². The molecule has 2 aromatic heterocycles. The van der Waals surface area contributed by atoms with Gasteiger partial charge in [0.15, 0.2) is 0 Å². The summed E-state index contributed by atoms with van der Waals surface area (Å²) in [5.74, 6) is 1.69. The summed E-state index contributed by atoms with van der Waals surface area (Å²) in [6.45, 7) is 9.18. The van der Waals surface area contributed by atoms with Crippen LogP contribution < -0.4 is 0 Å². The van der Waals surface area contributed by atoms with Gasteiger partial charge in [0.1, 0.15) is 0 Å². The summed E-state index contributed by atoms with van der Waals surface area (Å²) in [5, 5.41) is 9.85. The van der Waals surface area contributed by atoms with Gasteiger partial charge >= 0.3 is 0 Å². The number of ether oxygens (including phenoxy) is 1. The van der Waals surface area contributed by atoms with Crippen LogP contribution in [0.25, 0.3) is 22.3 Å². The molecule has 0 radical (unpaired) electrons. The van der Waals surface area contributed by atoms with E-state index < -0.39 is 0 Å². The average molecular weight is 424 g/mol. The van der Waals surface area contributed by atoms with Gasteiger partial charge in [0.25, 0.3) is 0 Å². The highest BCUT2D eigenvalue weighted by molar-refractivity contribution is 5.83. The Balaban J connectivity index is 1.28. The van der Waals surface area contributed by atoms with Crippen molar-refractivity contribution in [3.8, 4) is 11.4 Å². The first-order valence-electron chi connectivity index (χ1n) is 11.0. The van der Waals surface area contributed by atoms with Crippen LogP contribution >= 0.6 is 0 Å². The smallest absolute Gasteiger partial charge is 0.230 e. The minimum atomic E-state index is 0.0114. The molecule has 0 aliphatic carbocycles. The van der Waals surface area contributed by atoms with Crippen molar-refractivity contribution in [3.05, 3.63) is 30.3 Å². The van der Waals surface area contributed by atoms with E-state index >= 15 is 0 Å². The maximum absolute atomic E-state index is 12.5. The number of carbonyl (C=O) groups is 1. The van der Waals surface area contributed by atoms with Crippen LogP contribution in [0.15, 0.2) is 28.9 Å². The Morgan fingerprint density at radius 3 is 2.65 bits per heavy atom. The number of rotatable bonds is 4. The van der Waals surface area contributed by atoms with E-state index in [2.05, 4.69) is 37.1 Å². The standard InChI is InChI=1S/C23H29N5O3/c1-23(2,3)11-20(29)27-8-6-15(7-9-27)22-25-21(26-31-22)16-4-5-17-12-24-28(19(17)10-16)18-13-30-14-18/h4-5,10,12,15,18H,6-9,11,13-14H2,1-3H3. The molecule has 0 bridgehead atoms. The Morgan fingerprint density at radius 1 is 1.19 bits per heavy atom. The molecular weight excluding hydrogens is 394 g/mol. The van der Waals surface area contributed by atoms with Crippen molar-refractivity contribution in [1.82, 2.24) is 24.8 Å². The first-order chi connectivity index (χ1) is 14.9. The van der Waals surface area contributed by atoms with E-state index in [1.165, 1.54) is 0 Å². The topological polar surface area (TPSA) is 86.3 Å². The molecule has 0 N–H and O–H groups in total. The third-order valence-electron chi connectivity index (χ3n) is 6.14. The van der Waals surface area contributed by atoms with Crippen molar-refractivity contribution >= 4 is 16.8 Å². The zero-order valence-corrected chi connectivity index (χ0v) is 18.4. The maximum atomic E-state index is 12.5. The zero-order chi connectivity index (χ0) is 21.6. The lowest BCUT2D eigenvalue weighted by Gasteiger charge is -2.32. The first-order valence-corrected chi connectivity index (χ1v) is 11.0. The molecular formula is C23H29N5O3. The summed E-state index contributed by atoms with van der Waals surface area (Å²) in [7, 11) is 0.